The van der Waals surface area contributed by atoms with Crippen LogP contribution in [-0.4, -0.2) is 24.3 Å². The highest BCUT2D eigenvalue weighted by Crippen LogP contribution is 2.26. The standard InChI is InChI=1S/C13H18ClFN2O2/c1-8(2)12(17-13(19)16-5-6-18)10-4-3-9(14)7-11(10)15/h3-4,7-8,12,18H,5-6H2,1-2H3,(H2,16,17,19)/t12-/m1/s1. The lowest BCUT2D eigenvalue weighted by Gasteiger charge is -2.23. The normalized spacial score (nSPS) is 12.3. The van der Waals surface area contributed by atoms with Crippen molar-refractivity contribution in [2.45, 2.75) is 19.9 Å². The van der Waals surface area contributed by atoms with E-state index in [1.807, 2.05) is 13.8 Å². The first-order valence-corrected chi connectivity index (χ1v) is 6.43. The van der Waals surface area contributed by atoms with Crippen molar-refractivity contribution in [1.82, 2.24) is 10.6 Å². The fourth-order valence-electron chi connectivity index (χ4n) is 1.72. The van der Waals surface area contributed by atoms with E-state index < -0.39 is 17.9 Å². The molecule has 0 aliphatic rings. The Morgan fingerprint density at radius 3 is 2.68 bits per heavy atom. The van der Waals surface area contributed by atoms with E-state index in [-0.39, 0.29) is 19.1 Å². The Kier molecular flexibility index (Phi) is 6.05. The van der Waals surface area contributed by atoms with Crippen molar-refractivity contribution in [3.63, 3.8) is 0 Å². The number of amides is 2. The SMILES string of the molecule is CC(C)[C@@H](NC(=O)NCCO)c1ccc(Cl)cc1F. The molecule has 106 valence electrons. The van der Waals surface area contributed by atoms with Crippen molar-refractivity contribution in [2.75, 3.05) is 13.2 Å². The van der Waals surface area contributed by atoms with E-state index in [2.05, 4.69) is 10.6 Å². The van der Waals surface area contributed by atoms with E-state index >= 15 is 0 Å². The smallest absolute Gasteiger partial charge is 0.315 e. The van der Waals surface area contributed by atoms with Gasteiger partial charge in [0.25, 0.3) is 0 Å². The molecule has 0 aliphatic heterocycles. The van der Waals surface area contributed by atoms with Crippen molar-refractivity contribution in [3.8, 4) is 0 Å². The largest absolute Gasteiger partial charge is 0.395 e. The van der Waals surface area contributed by atoms with Crippen LogP contribution in [0.2, 0.25) is 5.02 Å². The number of rotatable bonds is 5. The average Bonchev–Trinajstić information content (AvgIpc) is 2.34. The molecular weight excluding hydrogens is 271 g/mol. The number of urea groups is 1. The fraction of sp³-hybridized carbons (Fsp3) is 0.462. The summed E-state index contributed by atoms with van der Waals surface area (Å²) in [6, 6.07) is 3.47. The Bertz CT molecular complexity index is 441. The predicted octanol–water partition coefficient (Wildman–Crippen LogP) is 2.47. The predicted molar refractivity (Wildman–Crippen MR) is 72.6 cm³/mol. The molecule has 0 bridgehead atoms. The molecule has 3 N–H and O–H groups in total. The van der Waals surface area contributed by atoms with Crippen molar-refractivity contribution in [2.24, 2.45) is 5.92 Å². The van der Waals surface area contributed by atoms with Gasteiger partial charge in [-0.3, -0.25) is 0 Å². The molecule has 0 radical (unpaired) electrons. The summed E-state index contributed by atoms with van der Waals surface area (Å²) in [4.78, 5) is 11.6. The molecule has 0 aromatic heterocycles. The highest BCUT2D eigenvalue weighted by atomic mass is 35.5. The molecule has 0 unspecified atom stereocenters. The molecule has 6 heteroatoms. The highest BCUT2D eigenvalue weighted by molar-refractivity contribution is 6.30. The molecule has 0 fully saturated rings. The molecule has 0 saturated heterocycles. The van der Waals surface area contributed by atoms with Crippen LogP contribution >= 0.6 is 11.6 Å². The maximum absolute atomic E-state index is 13.9. The minimum Gasteiger partial charge on any atom is -0.395 e. The van der Waals surface area contributed by atoms with Crippen LogP contribution in [0.5, 0.6) is 0 Å². The van der Waals surface area contributed by atoms with Gasteiger partial charge in [0.15, 0.2) is 0 Å². The third kappa shape index (κ3) is 4.69. The summed E-state index contributed by atoms with van der Waals surface area (Å²) in [6.45, 7) is 3.77. The maximum Gasteiger partial charge on any atom is 0.315 e. The number of carbonyl (C=O) groups excluding carboxylic acids is 1. The number of aliphatic hydroxyl groups is 1. The van der Waals surface area contributed by atoms with E-state index in [4.69, 9.17) is 16.7 Å². The Morgan fingerprint density at radius 1 is 1.47 bits per heavy atom. The van der Waals surface area contributed by atoms with Gasteiger partial charge in [0.2, 0.25) is 0 Å². The zero-order chi connectivity index (χ0) is 14.4. The fourth-order valence-corrected chi connectivity index (χ4v) is 1.88. The molecule has 1 rings (SSSR count). The Balaban J connectivity index is 2.85. The number of hydrogen-bond acceptors (Lipinski definition) is 2. The number of halogens is 2. The molecule has 1 atom stereocenters. The number of nitrogens with one attached hydrogen (secondary N) is 2. The molecule has 0 heterocycles. The van der Waals surface area contributed by atoms with Crippen LogP contribution < -0.4 is 10.6 Å². The number of carbonyl (C=O) groups is 1. The van der Waals surface area contributed by atoms with Crippen LogP contribution in [0.15, 0.2) is 18.2 Å². The van der Waals surface area contributed by atoms with Gasteiger partial charge in [-0.1, -0.05) is 31.5 Å². The van der Waals surface area contributed by atoms with Crippen molar-refractivity contribution in [1.29, 1.82) is 0 Å². The second-order valence-corrected chi connectivity index (χ2v) is 4.95. The quantitative estimate of drug-likeness (QED) is 0.779. The third-order valence-corrected chi connectivity index (χ3v) is 2.88. The molecule has 0 saturated carbocycles. The minimum atomic E-state index is -0.462. The van der Waals surface area contributed by atoms with Gasteiger partial charge in [-0.2, -0.15) is 0 Å². The number of benzene rings is 1. The van der Waals surface area contributed by atoms with Gasteiger partial charge in [0.05, 0.1) is 12.6 Å². The molecule has 0 aliphatic carbocycles. The molecular formula is C13H18ClFN2O2. The lowest BCUT2D eigenvalue weighted by atomic mass is 9.96. The van der Waals surface area contributed by atoms with Gasteiger partial charge >= 0.3 is 6.03 Å². The van der Waals surface area contributed by atoms with Crippen molar-refractivity contribution in [3.05, 3.63) is 34.6 Å². The van der Waals surface area contributed by atoms with Gasteiger partial charge in [-0.25, -0.2) is 9.18 Å². The lowest BCUT2D eigenvalue weighted by Crippen LogP contribution is -2.41. The molecule has 1 aromatic rings. The second-order valence-electron chi connectivity index (χ2n) is 4.51. The number of hydrogen-bond donors (Lipinski definition) is 3. The highest BCUT2D eigenvalue weighted by Gasteiger charge is 2.21. The van der Waals surface area contributed by atoms with Gasteiger partial charge in [-0.15, -0.1) is 0 Å². The topological polar surface area (TPSA) is 61.4 Å². The Hall–Kier alpha value is -1.33. The summed E-state index contributed by atoms with van der Waals surface area (Å²) in [7, 11) is 0. The Labute approximate surface area is 117 Å². The monoisotopic (exact) mass is 288 g/mol. The van der Waals surface area contributed by atoms with Crippen LogP contribution in [-0.2, 0) is 0 Å². The van der Waals surface area contributed by atoms with Crippen LogP contribution in [0.1, 0.15) is 25.5 Å². The summed E-state index contributed by atoms with van der Waals surface area (Å²) in [5.41, 5.74) is 0.388. The first-order valence-electron chi connectivity index (χ1n) is 6.06. The lowest BCUT2D eigenvalue weighted by molar-refractivity contribution is 0.226. The Morgan fingerprint density at radius 2 is 2.16 bits per heavy atom. The summed E-state index contributed by atoms with van der Waals surface area (Å²) >= 11 is 5.71. The van der Waals surface area contributed by atoms with Crippen LogP contribution in [0.25, 0.3) is 0 Å². The second kappa shape index (κ2) is 7.31. The van der Waals surface area contributed by atoms with Crippen LogP contribution in [0.4, 0.5) is 9.18 Å². The van der Waals surface area contributed by atoms with Crippen LogP contribution in [0.3, 0.4) is 0 Å². The summed E-state index contributed by atoms with van der Waals surface area (Å²) in [6.07, 6.45) is 0. The first-order chi connectivity index (χ1) is 8.95. The van der Waals surface area contributed by atoms with Crippen LogP contribution in [0, 0.1) is 11.7 Å². The minimum absolute atomic E-state index is 0.00977. The van der Waals surface area contributed by atoms with E-state index in [1.54, 1.807) is 12.1 Å². The van der Waals surface area contributed by atoms with Gasteiger partial charge in [0.1, 0.15) is 5.82 Å². The molecule has 0 spiro atoms. The maximum atomic E-state index is 13.9. The molecule has 1 aromatic carbocycles. The third-order valence-electron chi connectivity index (χ3n) is 2.65. The summed E-state index contributed by atoms with van der Waals surface area (Å²) in [5.74, 6) is -0.441. The van der Waals surface area contributed by atoms with E-state index in [0.717, 1.165) is 0 Å². The van der Waals surface area contributed by atoms with Crippen molar-refractivity contribution < 1.29 is 14.3 Å². The molecule has 19 heavy (non-hydrogen) atoms. The van der Waals surface area contributed by atoms with Gasteiger partial charge in [-0.05, 0) is 18.1 Å². The number of aliphatic hydroxyl groups excluding tert-OH is 1. The zero-order valence-corrected chi connectivity index (χ0v) is 11.7. The van der Waals surface area contributed by atoms with E-state index in [9.17, 15) is 9.18 Å². The average molecular weight is 289 g/mol. The molecule has 2 amide bonds. The van der Waals surface area contributed by atoms with Gasteiger partial charge in [0, 0.05) is 17.1 Å². The van der Waals surface area contributed by atoms with E-state index in [0.29, 0.717) is 10.6 Å². The summed E-state index contributed by atoms with van der Waals surface area (Å²) < 4.78 is 13.9. The van der Waals surface area contributed by atoms with Crippen molar-refractivity contribution >= 4 is 17.6 Å². The van der Waals surface area contributed by atoms with Gasteiger partial charge < -0.3 is 15.7 Å². The molecule has 4 nitrogen and oxygen atoms in total. The first kappa shape index (κ1) is 15.7. The zero-order valence-electron chi connectivity index (χ0n) is 10.9. The summed E-state index contributed by atoms with van der Waals surface area (Å²) in [5, 5.41) is 14.1. The van der Waals surface area contributed by atoms with E-state index in [1.165, 1.54) is 6.07 Å².